The zero-order chi connectivity index (χ0) is 15.9. The third-order valence-corrected chi connectivity index (χ3v) is 3.58. The van der Waals surface area contributed by atoms with Crippen molar-refractivity contribution >= 4 is 23.5 Å². The van der Waals surface area contributed by atoms with Gasteiger partial charge in [-0.2, -0.15) is 5.10 Å². The van der Waals surface area contributed by atoms with Crippen LogP contribution < -0.4 is 0 Å². The van der Waals surface area contributed by atoms with E-state index in [9.17, 15) is 0 Å². The van der Waals surface area contributed by atoms with Gasteiger partial charge < -0.3 is 0 Å². The first kappa shape index (κ1) is 15.2. The van der Waals surface area contributed by atoms with E-state index < -0.39 is 0 Å². The molecule has 3 aromatic carbocycles. The van der Waals surface area contributed by atoms with Gasteiger partial charge in [-0.15, -0.1) is 5.10 Å². The Bertz CT molecular complexity index is 766. The van der Waals surface area contributed by atoms with Gasteiger partial charge in [0.05, 0.1) is 6.21 Å². The zero-order valence-electron chi connectivity index (χ0n) is 12.4. The van der Waals surface area contributed by atoms with Crippen LogP contribution in [0.25, 0.3) is 0 Å². The van der Waals surface area contributed by atoms with E-state index in [1.807, 2.05) is 84.9 Å². The van der Waals surface area contributed by atoms with Crippen molar-refractivity contribution in [2.45, 2.75) is 0 Å². The SMILES string of the molecule is Clc1ccc(C=NN=C(c2ccccc2)c2ccccc2)cc1. The maximum absolute atomic E-state index is 5.88. The normalized spacial score (nSPS) is 10.7. The summed E-state index contributed by atoms with van der Waals surface area (Å²) in [5.41, 5.74) is 3.87. The summed E-state index contributed by atoms with van der Waals surface area (Å²) in [5, 5.41) is 9.39. The number of benzene rings is 3. The molecule has 0 fully saturated rings. The molecule has 0 amide bonds. The van der Waals surface area contributed by atoms with E-state index in [2.05, 4.69) is 10.2 Å². The van der Waals surface area contributed by atoms with E-state index in [1.165, 1.54) is 0 Å². The first-order valence-corrected chi connectivity index (χ1v) is 7.68. The Morgan fingerprint density at radius 2 is 1.22 bits per heavy atom. The minimum absolute atomic E-state index is 0.708. The molecule has 3 heteroatoms. The number of hydrogen-bond acceptors (Lipinski definition) is 2. The lowest BCUT2D eigenvalue weighted by Gasteiger charge is -2.05. The Labute approximate surface area is 140 Å². The molecule has 0 heterocycles. The molecule has 0 aliphatic carbocycles. The van der Waals surface area contributed by atoms with E-state index >= 15 is 0 Å². The first-order valence-electron chi connectivity index (χ1n) is 7.30. The largest absolute Gasteiger partial charge is 0.158 e. The van der Waals surface area contributed by atoms with E-state index in [0.717, 1.165) is 22.4 Å². The third kappa shape index (κ3) is 4.15. The van der Waals surface area contributed by atoms with Crippen LogP contribution in [0.3, 0.4) is 0 Å². The van der Waals surface area contributed by atoms with Gasteiger partial charge in [0.15, 0.2) is 0 Å². The molecule has 0 saturated heterocycles. The molecule has 0 bridgehead atoms. The quantitative estimate of drug-likeness (QED) is 0.466. The molecule has 0 atom stereocenters. The van der Waals surface area contributed by atoms with Gasteiger partial charge in [-0.3, -0.25) is 0 Å². The molecule has 112 valence electrons. The Balaban J connectivity index is 1.93. The van der Waals surface area contributed by atoms with Crippen LogP contribution in [0.5, 0.6) is 0 Å². The van der Waals surface area contributed by atoms with E-state index in [4.69, 9.17) is 11.6 Å². The summed E-state index contributed by atoms with van der Waals surface area (Å²) in [4.78, 5) is 0. The van der Waals surface area contributed by atoms with Gasteiger partial charge in [-0.1, -0.05) is 84.4 Å². The summed E-state index contributed by atoms with van der Waals surface area (Å²) in [6.07, 6.45) is 1.72. The van der Waals surface area contributed by atoms with Gasteiger partial charge in [0.25, 0.3) is 0 Å². The van der Waals surface area contributed by atoms with Crippen LogP contribution in [-0.4, -0.2) is 11.9 Å². The maximum atomic E-state index is 5.88. The summed E-state index contributed by atoms with van der Waals surface area (Å²) < 4.78 is 0. The fourth-order valence-corrected chi connectivity index (χ4v) is 2.30. The molecule has 0 N–H and O–H groups in total. The van der Waals surface area contributed by atoms with Gasteiger partial charge in [-0.05, 0) is 17.7 Å². The molecular formula is C20H15ClN2. The van der Waals surface area contributed by atoms with Gasteiger partial charge in [0.2, 0.25) is 0 Å². The fraction of sp³-hybridized carbons (Fsp3) is 0. The smallest absolute Gasteiger partial charge is 0.100 e. The van der Waals surface area contributed by atoms with Crippen LogP contribution in [0.4, 0.5) is 0 Å². The standard InChI is InChI=1S/C20H15ClN2/c21-19-13-11-16(12-14-19)15-22-23-20(17-7-3-1-4-8-17)18-9-5-2-6-10-18/h1-15H. The summed E-state index contributed by atoms with van der Waals surface area (Å²) in [7, 11) is 0. The van der Waals surface area contributed by atoms with Crippen LogP contribution in [0.2, 0.25) is 5.02 Å². The summed E-state index contributed by atoms with van der Waals surface area (Å²) in [5.74, 6) is 0. The van der Waals surface area contributed by atoms with Crippen molar-refractivity contribution in [1.29, 1.82) is 0 Å². The lowest BCUT2D eigenvalue weighted by atomic mass is 10.0. The lowest BCUT2D eigenvalue weighted by Crippen LogP contribution is -2.02. The highest BCUT2D eigenvalue weighted by atomic mass is 35.5. The van der Waals surface area contributed by atoms with Gasteiger partial charge in [-0.25, -0.2) is 0 Å². The zero-order valence-corrected chi connectivity index (χ0v) is 13.2. The highest BCUT2D eigenvalue weighted by Gasteiger charge is 2.05. The highest BCUT2D eigenvalue weighted by Crippen LogP contribution is 2.12. The molecule has 0 radical (unpaired) electrons. The van der Waals surface area contributed by atoms with E-state index in [0.29, 0.717) is 5.02 Å². The Morgan fingerprint density at radius 1 is 0.696 bits per heavy atom. The molecule has 3 rings (SSSR count). The Kier molecular flexibility index (Phi) is 4.97. The van der Waals surface area contributed by atoms with Crippen LogP contribution in [0, 0.1) is 0 Å². The number of hydrogen-bond donors (Lipinski definition) is 0. The van der Waals surface area contributed by atoms with Crippen molar-refractivity contribution in [1.82, 2.24) is 0 Å². The van der Waals surface area contributed by atoms with Crippen molar-refractivity contribution in [3.63, 3.8) is 0 Å². The number of halogens is 1. The monoisotopic (exact) mass is 318 g/mol. The Morgan fingerprint density at radius 3 is 1.74 bits per heavy atom. The predicted octanol–water partition coefficient (Wildman–Crippen LogP) is 5.21. The summed E-state index contributed by atoms with van der Waals surface area (Å²) in [6.45, 7) is 0. The molecule has 0 aromatic heterocycles. The van der Waals surface area contributed by atoms with Crippen LogP contribution in [-0.2, 0) is 0 Å². The molecule has 0 aliphatic heterocycles. The van der Waals surface area contributed by atoms with Crippen molar-refractivity contribution in [2.24, 2.45) is 10.2 Å². The van der Waals surface area contributed by atoms with Gasteiger partial charge >= 0.3 is 0 Å². The average Bonchev–Trinajstić information content (AvgIpc) is 2.62. The fourth-order valence-electron chi connectivity index (χ4n) is 2.18. The Hall–Kier alpha value is -2.71. The van der Waals surface area contributed by atoms with Crippen LogP contribution in [0.1, 0.15) is 16.7 Å². The van der Waals surface area contributed by atoms with Crippen molar-refractivity contribution in [3.8, 4) is 0 Å². The molecule has 2 nitrogen and oxygen atoms in total. The molecule has 3 aromatic rings. The molecule has 0 aliphatic rings. The van der Waals surface area contributed by atoms with Crippen molar-refractivity contribution in [3.05, 3.63) is 107 Å². The average molecular weight is 319 g/mol. The lowest BCUT2D eigenvalue weighted by molar-refractivity contribution is 1.24. The summed E-state index contributed by atoms with van der Waals surface area (Å²) >= 11 is 5.88. The van der Waals surface area contributed by atoms with Crippen molar-refractivity contribution < 1.29 is 0 Å². The minimum Gasteiger partial charge on any atom is -0.158 e. The van der Waals surface area contributed by atoms with Gasteiger partial charge in [0, 0.05) is 16.1 Å². The number of rotatable bonds is 4. The molecule has 0 spiro atoms. The molecule has 0 unspecified atom stereocenters. The molecular weight excluding hydrogens is 304 g/mol. The third-order valence-electron chi connectivity index (χ3n) is 3.33. The maximum Gasteiger partial charge on any atom is 0.100 e. The predicted molar refractivity (Wildman–Crippen MR) is 97.6 cm³/mol. The second kappa shape index (κ2) is 7.52. The van der Waals surface area contributed by atoms with E-state index in [1.54, 1.807) is 6.21 Å². The minimum atomic E-state index is 0.708. The summed E-state index contributed by atoms with van der Waals surface area (Å²) in [6, 6.07) is 27.6. The van der Waals surface area contributed by atoms with Crippen LogP contribution in [0.15, 0.2) is 95.1 Å². The highest BCUT2D eigenvalue weighted by molar-refractivity contribution is 6.30. The first-order chi connectivity index (χ1) is 11.3. The molecule has 0 saturated carbocycles. The second-order valence-corrected chi connectivity index (χ2v) is 5.41. The number of nitrogens with zero attached hydrogens (tertiary/aromatic N) is 2. The van der Waals surface area contributed by atoms with E-state index in [-0.39, 0.29) is 0 Å². The topological polar surface area (TPSA) is 24.7 Å². The molecule has 23 heavy (non-hydrogen) atoms. The second-order valence-electron chi connectivity index (χ2n) is 4.98. The van der Waals surface area contributed by atoms with Gasteiger partial charge in [0.1, 0.15) is 5.71 Å². The van der Waals surface area contributed by atoms with Crippen molar-refractivity contribution in [2.75, 3.05) is 0 Å². The van der Waals surface area contributed by atoms with Crippen LogP contribution >= 0.6 is 11.6 Å².